The van der Waals surface area contributed by atoms with Gasteiger partial charge in [-0.1, -0.05) is 17.8 Å². The molecule has 0 spiro atoms. The van der Waals surface area contributed by atoms with E-state index < -0.39 is 5.92 Å². The van der Waals surface area contributed by atoms with Gasteiger partial charge < -0.3 is 25.4 Å². The van der Waals surface area contributed by atoms with Crippen LogP contribution in [0.4, 0.5) is 11.4 Å². The molecule has 37 heavy (non-hydrogen) atoms. The highest BCUT2D eigenvalue weighted by molar-refractivity contribution is 8.03. The van der Waals surface area contributed by atoms with Crippen LogP contribution in [-0.4, -0.2) is 30.1 Å². The molecule has 1 aliphatic carbocycles. The molecule has 3 aliphatic rings. The number of Topliss-reactive ketones (excluding diaryl/α,β-unsaturated/α-hetero) is 1. The number of nitriles is 1. The van der Waals surface area contributed by atoms with E-state index in [4.69, 9.17) is 9.47 Å². The molecule has 3 N–H and O–H groups in total. The summed E-state index contributed by atoms with van der Waals surface area (Å²) in [6.45, 7) is 1.56. The van der Waals surface area contributed by atoms with Crippen LogP contribution in [0.1, 0.15) is 37.7 Å². The third kappa shape index (κ3) is 5.17. The molecule has 0 fully saturated rings. The summed E-state index contributed by atoms with van der Waals surface area (Å²) in [5, 5.41) is 19.5. The molecule has 2 aromatic carbocycles. The van der Waals surface area contributed by atoms with Crippen molar-refractivity contribution < 1.29 is 23.9 Å². The number of fused-ring (bicyclic) bond motifs is 1. The summed E-state index contributed by atoms with van der Waals surface area (Å²) < 4.78 is 11.0. The number of ketones is 1. The third-order valence-corrected chi connectivity index (χ3v) is 7.25. The summed E-state index contributed by atoms with van der Waals surface area (Å²) in [7, 11) is 0. The Morgan fingerprint density at radius 3 is 2.54 bits per heavy atom. The Balaban J connectivity index is 1.37. The van der Waals surface area contributed by atoms with Gasteiger partial charge >= 0.3 is 0 Å². The number of amides is 2. The first-order chi connectivity index (χ1) is 17.9. The zero-order valence-electron chi connectivity index (χ0n) is 20.1. The van der Waals surface area contributed by atoms with E-state index in [-0.39, 0.29) is 30.1 Å². The number of dihydropyridines is 1. The van der Waals surface area contributed by atoms with Crippen LogP contribution >= 0.6 is 11.8 Å². The number of ether oxygens (including phenoxy) is 2. The topological polar surface area (TPSA) is 130 Å². The van der Waals surface area contributed by atoms with Crippen molar-refractivity contribution in [1.82, 2.24) is 5.32 Å². The lowest BCUT2D eigenvalue weighted by Crippen LogP contribution is -2.31. The molecule has 2 aromatic rings. The lowest BCUT2D eigenvalue weighted by atomic mass is 9.77. The van der Waals surface area contributed by atoms with Crippen LogP contribution in [0.15, 0.2) is 64.3 Å². The summed E-state index contributed by atoms with van der Waals surface area (Å²) in [4.78, 5) is 36.9. The van der Waals surface area contributed by atoms with Crippen molar-refractivity contribution in [2.75, 3.05) is 23.2 Å². The second-order valence-corrected chi connectivity index (χ2v) is 9.78. The maximum absolute atomic E-state index is 13.0. The number of nitrogens with zero attached hydrogens (tertiary/aromatic N) is 1. The number of allylic oxidation sites excluding steroid dienone is 3. The van der Waals surface area contributed by atoms with E-state index in [9.17, 15) is 19.6 Å². The lowest BCUT2D eigenvalue weighted by molar-refractivity contribution is -0.116. The Morgan fingerprint density at radius 2 is 1.81 bits per heavy atom. The minimum absolute atomic E-state index is 0.0219. The molecule has 1 atom stereocenters. The van der Waals surface area contributed by atoms with E-state index in [1.54, 1.807) is 30.3 Å². The third-order valence-electron chi connectivity index (χ3n) is 6.23. The average Bonchev–Trinajstić information content (AvgIpc) is 3.35. The molecule has 1 unspecified atom stereocenters. The smallest absolute Gasteiger partial charge is 0.234 e. The van der Waals surface area contributed by atoms with E-state index in [2.05, 4.69) is 22.0 Å². The number of hydrogen-bond donors (Lipinski definition) is 3. The Hall–Kier alpha value is -4.23. The van der Waals surface area contributed by atoms with Crippen molar-refractivity contribution >= 4 is 40.7 Å². The molecule has 9 nitrogen and oxygen atoms in total. The monoisotopic (exact) mass is 516 g/mol. The van der Waals surface area contributed by atoms with E-state index >= 15 is 0 Å². The fourth-order valence-corrected chi connectivity index (χ4v) is 5.50. The molecule has 188 valence electrons. The molecule has 10 heteroatoms. The average molecular weight is 517 g/mol. The van der Waals surface area contributed by atoms with Crippen LogP contribution in [0.2, 0.25) is 0 Å². The van der Waals surface area contributed by atoms with Crippen LogP contribution in [0, 0.1) is 11.3 Å². The summed E-state index contributed by atoms with van der Waals surface area (Å²) in [5.41, 5.74) is 3.80. The molecule has 2 heterocycles. The van der Waals surface area contributed by atoms with Gasteiger partial charge in [0, 0.05) is 36.0 Å². The maximum Gasteiger partial charge on any atom is 0.234 e. The van der Waals surface area contributed by atoms with Crippen molar-refractivity contribution in [1.29, 1.82) is 5.26 Å². The van der Waals surface area contributed by atoms with Gasteiger partial charge in [0.05, 0.1) is 28.3 Å². The van der Waals surface area contributed by atoms with Crippen LogP contribution in [0.5, 0.6) is 11.5 Å². The van der Waals surface area contributed by atoms with Gasteiger partial charge in [0.1, 0.15) is 0 Å². The molecule has 2 amide bonds. The second kappa shape index (κ2) is 10.4. The fourth-order valence-electron chi connectivity index (χ4n) is 4.64. The standard InChI is InChI=1S/C27H24N4O5S/c1-15(32)29-17-6-8-18(9-7-17)30-24(34)13-37-27-19(12-28)25(26-20(31-27)3-2-4-21(26)33)16-5-10-22-23(11-16)36-14-35-22/h5-11,25,31H,2-4,13-14H2,1H3,(H,29,32)(H,30,34). The summed E-state index contributed by atoms with van der Waals surface area (Å²) in [6, 6.07) is 14.6. The van der Waals surface area contributed by atoms with Gasteiger partial charge in [-0.2, -0.15) is 5.26 Å². The number of carbonyl (C=O) groups is 3. The minimum Gasteiger partial charge on any atom is -0.454 e. The predicted molar refractivity (Wildman–Crippen MR) is 139 cm³/mol. The largest absolute Gasteiger partial charge is 0.454 e. The van der Waals surface area contributed by atoms with Crippen molar-refractivity contribution in [2.24, 2.45) is 0 Å². The van der Waals surface area contributed by atoms with Gasteiger partial charge in [-0.05, 0) is 54.8 Å². The van der Waals surface area contributed by atoms with Crippen LogP contribution < -0.4 is 25.4 Å². The maximum atomic E-state index is 13.0. The Bertz CT molecular complexity index is 1390. The zero-order valence-corrected chi connectivity index (χ0v) is 20.9. The number of hydrogen-bond acceptors (Lipinski definition) is 8. The van der Waals surface area contributed by atoms with Gasteiger partial charge in [0.25, 0.3) is 0 Å². The quantitative estimate of drug-likeness (QED) is 0.522. The first-order valence-corrected chi connectivity index (χ1v) is 12.8. The van der Waals surface area contributed by atoms with Crippen molar-refractivity contribution in [3.8, 4) is 17.6 Å². The molecule has 0 aromatic heterocycles. The Kier molecular flexibility index (Phi) is 6.88. The van der Waals surface area contributed by atoms with Crippen molar-refractivity contribution in [3.63, 3.8) is 0 Å². The number of carbonyl (C=O) groups excluding carboxylic acids is 3. The van der Waals surface area contributed by atoms with Gasteiger partial charge in [-0.15, -0.1) is 0 Å². The van der Waals surface area contributed by atoms with E-state index in [0.29, 0.717) is 51.9 Å². The van der Waals surface area contributed by atoms with Gasteiger partial charge in [0.2, 0.25) is 18.6 Å². The first-order valence-electron chi connectivity index (χ1n) is 11.8. The number of thioether (sulfide) groups is 1. The lowest BCUT2D eigenvalue weighted by Gasteiger charge is -2.33. The molecule has 2 aliphatic heterocycles. The number of rotatable bonds is 6. The normalized spacial score (nSPS) is 18.1. The van der Waals surface area contributed by atoms with E-state index in [1.165, 1.54) is 18.7 Å². The molecular weight excluding hydrogens is 492 g/mol. The SMILES string of the molecule is CC(=O)Nc1ccc(NC(=O)CSC2=C(C#N)C(c3ccc4c(c3)OCO4)C3=C(CCCC3=O)N2)cc1. The highest BCUT2D eigenvalue weighted by atomic mass is 32.2. The fraction of sp³-hybridized carbons (Fsp3) is 0.259. The second-order valence-electron chi connectivity index (χ2n) is 8.79. The van der Waals surface area contributed by atoms with Crippen molar-refractivity contribution in [3.05, 3.63) is 69.9 Å². The zero-order chi connectivity index (χ0) is 25.9. The number of benzene rings is 2. The van der Waals surface area contributed by atoms with Crippen LogP contribution in [-0.2, 0) is 14.4 Å². The minimum atomic E-state index is -0.546. The summed E-state index contributed by atoms with van der Waals surface area (Å²) in [5.74, 6) is 0.321. The number of nitrogens with one attached hydrogen (secondary N) is 3. The Morgan fingerprint density at radius 1 is 1.08 bits per heavy atom. The van der Waals surface area contributed by atoms with E-state index in [1.807, 2.05) is 12.1 Å². The molecule has 0 bridgehead atoms. The molecule has 0 saturated carbocycles. The number of anilines is 2. The highest BCUT2D eigenvalue weighted by Gasteiger charge is 2.37. The summed E-state index contributed by atoms with van der Waals surface area (Å²) >= 11 is 1.23. The molecular formula is C27H24N4O5S. The van der Waals surface area contributed by atoms with Crippen LogP contribution in [0.3, 0.4) is 0 Å². The van der Waals surface area contributed by atoms with Gasteiger partial charge in [-0.25, -0.2) is 0 Å². The van der Waals surface area contributed by atoms with Crippen molar-refractivity contribution in [2.45, 2.75) is 32.1 Å². The molecule has 0 radical (unpaired) electrons. The molecule has 0 saturated heterocycles. The van der Waals surface area contributed by atoms with Gasteiger partial charge in [-0.3, -0.25) is 14.4 Å². The first kappa shape index (κ1) is 24.5. The van der Waals surface area contributed by atoms with Crippen LogP contribution in [0.25, 0.3) is 0 Å². The Labute approximate surface area is 217 Å². The molecule has 5 rings (SSSR count). The van der Waals surface area contributed by atoms with Gasteiger partial charge in [0.15, 0.2) is 17.3 Å². The summed E-state index contributed by atoms with van der Waals surface area (Å²) in [6.07, 6.45) is 1.86. The predicted octanol–water partition coefficient (Wildman–Crippen LogP) is 4.17. The highest BCUT2D eigenvalue weighted by Crippen LogP contribution is 2.46. The van der Waals surface area contributed by atoms with E-state index in [0.717, 1.165) is 17.7 Å².